The first-order chi connectivity index (χ1) is 9.28. The van der Waals surface area contributed by atoms with Gasteiger partial charge in [0.1, 0.15) is 5.82 Å². The average molecular weight is 262 g/mol. The summed E-state index contributed by atoms with van der Waals surface area (Å²) in [5.41, 5.74) is 0. The molecule has 2 aliphatic rings. The second-order valence-electron chi connectivity index (χ2n) is 4.75. The predicted molar refractivity (Wildman–Crippen MR) is 72.3 cm³/mol. The lowest BCUT2D eigenvalue weighted by Crippen LogP contribution is -2.52. The molecule has 3 rings (SSSR count). The largest absolute Gasteiger partial charge is 0.354 e. The van der Waals surface area contributed by atoms with Crippen LogP contribution in [0.15, 0.2) is 12.3 Å². The van der Waals surface area contributed by atoms with Gasteiger partial charge in [0.05, 0.1) is 6.04 Å². The van der Waals surface area contributed by atoms with Gasteiger partial charge < -0.3 is 20.4 Å². The molecule has 2 N–H and O–H groups in total. The molecule has 2 amide bonds. The highest BCUT2D eigenvalue weighted by atomic mass is 16.2. The maximum atomic E-state index is 11.6. The van der Waals surface area contributed by atoms with E-state index in [-0.39, 0.29) is 12.1 Å². The maximum Gasteiger partial charge on any atom is 0.317 e. The smallest absolute Gasteiger partial charge is 0.317 e. The second-order valence-corrected chi connectivity index (χ2v) is 4.75. The Hall–Kier alpha value is -2.05. The lowest BCUT2D eigenvalue weighted by molar-refractivity contribution is 0.197. The number of carbonyl (C=O) groups excluding carboxylic acids is 1. The van der Waals surface area contributed by atoms with Gasteiger partial charge in [0, 0.05) is 38.9 Å². The van der Waals surface area contributed by atoms with Crippen LogP contribution in [0.4, 0.5) is 16.6 Å². The van der Waals surface area contributed by atoms with Crippen molar-refractivity contribution in [2.75, 3.05) is 42.9 Å². The van der Waals surface area contributed by atoms with E-state index in [0.29, 0.717) is 5.95 Å². The summed E-state index contributed by atoms with van der Waals surface area (Å²) in [6, 6.07) is 2.22. The Balaban J connectivity index is 1.73. The number of carbonyl (C=O) groups is 1. The lowest BCUT2D eigenvalue weighted by atomic mass is 10.2. The molecule has 1 aromatic heterocycles. The number of hydrogen-bond acceptors (Lipinski definition) is 5. The third-order valence-corrected chi connectivity index (χ3v) is 3.53. The number of rotatable bonds is 3. The summed E-state index contributed by atoms with van der Waals surface area (Å²) in [4.78, 5) is 24.3. The molecule has 3 heterocycles. The van der Waals surface area contributed by atoms with E-state index < -0.39 is 0 Å². The fraction of sp³-hybridized carbons (Fsp3) is 0.583. The molecule has 1 unspecified atom stereocenters. The molecule has 1 aromatic rings. The van der Waals surface area contributed by atoms with Crippen molar-refractivity contribution in [3.05, 3.63) is 12.3 Å². The number of amides is 2. The summed E-state index contributed by atoms with van der Waals surface area (Å²) >= 11 is 0. The molecule has 0 bridgehead atoms. The highest BCUT2D eigenvalue weighted by Crippen LogP contribution is 2.19. The minimum Gasteiger partial charge on any atom is -0.354 e. The van der Waals surface area contributed by atoms with Gasteiger partial charge in [0.25, 0.3) is 0 Å². The molecular formula is C12H18N6O. The molecule has 2 saturated heterocycles. The average Bonchev–Trinajstić information content (AvgIpc) is 2.81. The van der Waals surface area contributed by atoms with Crippen LogP contribution in [0.2, 0.25) is 0 Å². The number of aromatic nitrogens is 2. The molecule has 2 fully saturated rings. The molecular weight excluding hydrogens is 244 g/mol. The zero-order chi connectivity index (χ0) is 13.2. The Morgan fingerprint density at radius 1 is 1.53 bits per heavy atom. The van der Waals surface area contributed by atoms with Gasteiger partial charge in [-0.05, 0) is 13.0 Å². The third-order valence-electron chi connectivity index (χ3n) is 3.53. The van der Waals surface area contributed by atoms with Gasteiger partial charge in [-0.2, -0.15) is 4.98 Å². The van der Waals surface area contributed by atoms with E-state index in [1.54, 1.807) is 6.20 Å². The zero-order valence-corrected chi connectivity index (χ0v) is 11.0. The van der Waals surface area contributed by atoms with Crippen LogP contribution in [-0.2, 0) is 0 Å². The monoisotopic (exact) mass is 262 g/mol. The van der Waals surface area contributed by atoms with Crippen molar-refractivity contribution < 1.29 is 4.79 Å². The zero-order valence-electron chi connectivity index (χ0n) is 11.0. The van der Waals surface area contributed by atoms with Crippen molar-refractivity contribution in [1.29, 1.82) is 0 Å². The van der Waals surface area contributed by atoms with E-state index >= 15 is 0 Å². The summed E-state index contributed by atoms with van der Waals surface area (Å²) in [5, 5.41) is 6.00. The van der Waals surface area contributed by atoms with Crippen molar-refractivity contribution in [3.63, 3.8) is 0 Å². The molecule has 0 radical (unpaired) electrons. The van der Waals surface area contributed by atoms with Crippen molar-refractivity contribution in [2.45, 2.75) is 13.0 Å². The molecule has 2 aliphatic heterocycles. The Morgan fingerprint density at radius 3 is 3.26 bits per heavy atom. The highest BCUT2D eigenvalue weighted by Gasteiger charge is 2.35. The third kappa shape index (κ3) is 2.27. The number of piperazine rings is 1. The number of anilines is 2. The summed E-state index contributed by atoms with van der Waals surface area (Å²) in [5.74, 6) is 1.58. The van der Waals surface area contributed by atoms with Gasteiger partial charge in [-0.15, -0.1) is 0 Å². The standard InChI is InChI=1S/C12H18N6O/c1-2-13-11-14-4-3-10(16-11)17-5-6-18-9(8-17)7-15-12(18)19/h3-4,9H,2,5-8H2,1H3,(H,15,19)(H,13,14,16). The van der Waals surface area contributed by atoms with Gasteiger partial charge >= 0.3 is 6.03 Å². The number of fused-ring (bicyclic) bond motifs is 1. The van der Waals surface area contributed by atoms with Crippen LogP contribution in [0.1, 0.15) is 6.92 Å². The number of urea groups is 1. The summed E-state index contributed by atoms with van der Waals surface area (Å²) in [7, 11) is 0. The lowest BCUT2D eigenvalue weighted by Gasteiger charge is -2.37. The van der Waals surface area contributed by atoms with E-state index in [1.165, 1.54) is 0 Å². The van der Waals surface area contributed by atoms with Crippen LogP contribution >= 0.6 is 0 Å². The first kappa shape index (κ1) is 12.0. The van der Waals surface area contributed by atoms with E-state index in [9.17, 15) is 4.79 Å². The van der Waals surface area contributed by atoms with Crippen LogP contribution in [-0.4, -0.2) is 59.7 Å². The highest BCUT2D eigenvalue weighted by molar-refractivity contribution is 5.77. The van der Waals surface area contributed by atoms with E-state index in [0.717, 1.165) is 38.5 Å². The van der Waals surface area contributed by atoms with E-state index in [2.05, 4.69) is 25.5 Å². The van der Waals surface area contributed by atoms with Crippen molar-refractivity contribution in [3.8, 4) is 0 Å². The molecule has 0 spiro atoms. The summed E-state index contributed by atoms with van der Waals surface area (Å²) in [6.45, 7) is 5.92. The van der Waals surface area contributed by atoms with Crippen LogP contribution in [0, 0.1) is 0 Å². The first-order valence-corrected chi connectivity index (χ1v) is 6.64. The van der Waals surface area contributed by atoms with Gasteiger partial charge in [-0.25, -0.2) is 9.78 Å². The van der Waals surface area contributed by atoms with Gasteiger partial charge in [-0.3, -0.25) is 0 Å². The Labute approximate surface area is 112 Å². The van der Waals surface area contributed by atoms with Gasteiger partial charge in [0.15, 0.2) is 0 Å². The number of hydrogen-bond donors (Lipinski definition) is 2. The fourth-order valence-electron chi connectivity index (χ4n) is 2.58. The predicted octanol–water partition coefficient (Wildman–Crippen LogP) is 0.122. The Bertz CT molecular complexity index is 479. The molecule has 1 atom stereocenters. The van der Waals surface area contributed by atoms with Gasteiger partial charge in [0.2, 0.25) is 5.95 Å². The normalized spacial score (nSPS) is 22.2. The quantitative estimate of drug-likeness (QED) is 0.809. The van der Waals surface area contributed by atoms with E-state index in [4.69, 9.17) is 0 Å². The number of nitrogens with one attached hydrogen (secondary N) is 2. The van der Waals surface area contributed by atoms with Crippen LogP contribution in [0.5, 0.6) is 0 Å². The summed E-state index contributed by atoms with van der Waals surface area (Å²) < 4.78 is 0. The molecule has 7 heteroatoms. The van der Waals surface area contributed by atoms with Crippen LogP contribution in [0.25, 0.3) is 0 Å². The molecule has 19 heavy (non-hydrogen) atoms. The van der Waals surface area contributed by atoms with Crippen molar-refractivity contribution >= 4 is 17.8 Å². The molecule has 7 nitrogen and oxygen atoms in total. The Morgan fingerprint density at radius 2 is 2.42 bits per heavy atom. The molecule has 102 valence electrons. The molecule has 0 aliphatic carbocycles. The Kier molecular flexibility index (Phi) is 3.10. The van der Waals surface area contributed by atoms with Gasteiger partial charge in [-0.1, -0.05) is 0 Å². The fourth-order valence-corrected chi connectivity index (χ4v) is 2.58. The van der Waals surface area contributed by atoms with Crippen LogP contribution < -0.4 is 15.5 Å². The van der Waals surface area contributed by atoms with Crippen molar-refractivity contribution in [1.82, 2.24) is 20.2 Å². The summed E-state index contributed by atoms with van der Waals surface area (Å²) in [6.07, 6.45) is 1.77. The van der Waals surface area contributed by atoms with Crippen LogP contribution in [0.3, 0.4) is 0 Å². The van der Waals surface area contributed by atoms with Crippen molar-refractivity contribution in [2.24, 2.45) is 0 Å². The second kappa shape index (κ2) is 4.91. The number of nitrogens with zero attached hydrogens (tertiary/aromatic N) is 4. The maximum absolute atomic E-state index is 11.6. The molecule has 0 aromatic carbocycles. The topological polar surface area (TPSA) is 73.4 Å². The molecule has 0 saturated carbocycles. The minimum absolute atomic E-state index is 0.0562. The first-order valence-electron chi connectivity index (χ1n) is 6.64. The van der Waals surface area contributed by atoms with E-state index in [1.807, 2.05) is 17.9 Å². The minimum atomic E-state index is 0.0562. The SMILES string of the molecule is CCNc1nccc(N2CCN3C(=O)NCC3C2)n1.